The van der Waals surface area contributed by atoms with Crippen molar-refractivity contribution in [3.8, 4) is 0 Å². The van der Waals surface area contributed by atoms with Crippen molar-refractivity contribution in [1.29, 1.82) is 0 Å². The molecule has 26 heavy (non-hydrogen) atoms. The minimum absolute atomic E-state index is 0.00911. The molecule has 1 heterocycles. The van der Waals surface area contributed by atoms with Gasteiger partial charge in [0.15, 0.2) is 0 Å². The first-order valence-corrected chi connectivity index (χ1v) is 8.11. The maximum atomic E-state index is 10.4. The summed E-state index contributed by atoms with van der Waals surface area (Å²) >= 11 is 0. The van der Waals surface area contributed by atoms with Gasteiger partial charge in [-0.1, -0.05) is 42.3 Å². The second kappa shape index (κ2) is 5.87. The largest absolute Gasteiger partial charge is 0.455 e. The Morgan fingerprint density at radius 3 is 2.50 bits per heavy atom. The topological polar surface area (TPSA) is 42.6 Å². The number of aliphatic hydroxyl groups is 1. The van der Waals surface area contributed by atoms with Crippen LogP contribution in [0.3, 0.4) is 0 Å². The molecule has 0 aliphatic rings. The molecule has 131 valence electrons. The van der Waals surface area contributed by atoms with Gasteiger partial charge in [0.1, 0.15) is 11.2 Å². The van der Waals surface area contributed by atoms with Crippen molar-refractivity contribution in [2.45, 2.75) is 38.9 Å². The smallest absolute Gasteiger partial charge is 0.331 e. The monoisotopic (exact) mass is 354 g/mol. The first-order chi connectivity index (χ1) is 16.0. The van der Waals surface area contributed by atoms with Crippen molar-refractivity contribution in [2.24, 2.45) is 0 Å². The summed E-state index contributed by atoms with van der Waals surface area (Å²) in [6.45, 7) is 6.34. The first-order valence-electron chi connectivity index (χ1n) is 12.6. The summed E-state index contributed by atoms with van der Waals surface area (Å²) in [5.74, 6) is 0. The molecule has 4 heteroatoms. The molecule has 1 N–H and O–H groups in total. The average molecular weight is 354 g/mol. The van der Waals surface area contributed by atoms with Crippen LogP contribution in [0.1, 0.15) is 40.0 Å². The predicted molar refractivity (Wildman–Crippen MR) is 108 cm³/mol. The van der Waals surface area contributed by atoms with Gasteiger partial charge in [0.25, 0.3) is 0 Å². The molecule has 0 bridgehead atoms. The molecule has 0 saturated heterocycles. The van der Waals surface area contributed by atoms with Gasteiger partial charge >= 0.3 is 7.48 Å². The lowest BCUT2D eigenvalue weighted by atomic mass is 9.80. The Hall–Kier alpha value is -2.30. The second-order valence-electron chi connectivity index (χ2n) is 7.10. The fourth-order valence-electron chi connectivity index (χ4n) is 2.43. The van der Waals surface area contributed by atoms with Crippen LogP contribution in [0.4, 0.5) is 0 Å². The van der Waals surface area contributed by atoms with E-state index < -0.39 is 65.6 Å². The highest BCUT2D eigenvalue weighted by Gasteiger charge is 2.36. The Bertz CT molecular complexity index is 1550. The van der Waals surface area contributed by atoms with Gasteiger partial charge in [0, 0.05) is 16.2 Å². The zero-order valence-electron chi connectivity index (χ0n) is 23.8. The van der Waals surface area contributed by atoms with Crippen LogP contribution in [-0.4, -0.2) is 23.8 Å². The van der Waals surface area contributed by atoms with Crippen LogP contribution in [0.5, 0.6) is 0 Å². The van der Waals surface area contributed by atoms with Gasteiger partial charge in [0.05, 0.1) is 23.5 Å². The SMILES string of the molecule is [2H]c1c([2H])c([B]OC(C)(C)C(C)(C)O)c2c(oc3c4c([2H])c([2H])c([2H])c([2H])c4c([2H])c([2H])c32)c1[2H]. The van der Waals surface area contributed by atoms with Crippen molar-refractivity contribution in [3.05, 3.63) is 54.4 Å². The Morgan fingerprint density at radius 1 is 0.962 bits per heavy atom. The minimum Gasteiger partial charge on any atom is -0.455 e. The van der Waals surface area contributed by atoms with Crippen LogP contribution in [0.25, 0.3) is 32.7 Å². The summed E-state index contributed by atoms with van der Waals surface area (Å²) < 4.78 is 86.5. The summed E-state index contributed by atoms with van der Waals surface area (Å²) in [6, 6.07) is -4.23. The maximum Gasteiger partial charge on any atom is 0.331 e. The van der Waals surface area contributed by atoms with E-state index in [0.717, 1.165) is 7.48 Å². The molecule has 0 amide bonds. The Kier molecular flexibility index (Phi) is 2.16. The zero-order chi connectivity index (χ0) is 26.4. The lowest BCUT2D eigenvalue weighted by Crippen LogP contribution is -2.49. The molecule has 3 aromatic carbocycles. The highest BCUT2D eigenvalue weighted by atomic mass is 16.5. The lowest BCUT2D eigenvalue weighted by Gasteiger charge is -2.37. The molecule has 1 radical (unpaired) electrons. The molecule has 0 spiro atoms. The summed E-state index contributed by atoms with van der Waals surface area (Å²) in [5.41, 5.74) is -2.76. The Morgan fingerprint density at radius 2 is 1.73 bits per heavy atom. The maximum absolute atomic E-state index is 10.4. The van der Waals surface area contributed by atoms with Gasteiger partial charge in [0.2, 0.25) is 0 Å². The van der Waals surface area contributed by atoms with Gasteiger partial charge in [-0.2, -0.15) is 0 Å². The third kappa shape index (κ3) is 2.70. The van der Waals surface area contributed by atoms with Crippen molar-refractivity contribution in [1.82, 2.24) is 0 Å². The quantitative estimate of drug-likeness (QED) is 0.547. The third-order valence-electron chi connectivity index (χ3n) is 4.72. The number of fused-ring (bicyclic) bond motifs is 5. The molecule has 0 saturated carbocycles. The van der Waals surface area contributed by atoms with Crippen molar-refractivity contribution >= 4 is 45.7 Å². The van der Waals surface area contributed by atoms with Crippen molar-refractivity contribution in [3.63, 3.8) is 0 Å². The Balaban J connectivity index is 2.19. The van der Waals surface area contributed by atoms with Gasteiger partial charge in [-0.15, -0.1) is 0 Å². The second-order valence-corrected chi connectivity index (χ2v) is 7.10. The normalized spacial score (nSPS) is 17.8. The van der Waals surface area contributed by atoms with Gasteiger partial charge in [-0.3, -0.25) is 0 Å². The lowest BCUT2D eigenvalue weighted by molar-refractivity contribution is -0.0893. The van der Waals surface area contributed by atoms with E-state index in [4.69, 9.17) is 21.4 Å². The van der Waals surface area contributed by atoms with E-state index in [-0.39, 0.29) is 38.2 Å². The molecule has 3 nitrogen and oxygen atoms in total. The standard InChI is InChI=1S/C22H22BO3/c1-21(2,24)22(3,4)26-23-17-10-7-11-18-19(17)16-13-12-14-8-5-6-9-15(14)20(16)25-18/h5-13,24H,1-4H3/i5D,6D,7D,8D,9D,10D,11D,12D,13D. The highest BCUT2D eigenvalue weighted by Crippen LogP contribution is 2.33. The summed E-state index contributed by atoms with van der Waals surface area (Å²) in [7, 11) is 1.16. The molecule has 0 aliphatic heterocycles. The molecule has 0 atom stereocenters. The minimum atomic E-state index is -1.29. The molecule has 4 aromatic rings. The van der Waals surface area contributed by atoms with E-state index in [1.54, 1.807) is 27.7 Å². The molecule has 0 unspecified atom stereocenters. The van der Waals surface area contributed by atoms with Crippen LogP contribution < -0.4 is 5.46 Å². The molecule has 0 fully saturated rings. The summed E-state index contributed by atoms with van der Waals surface area (Å²) in [4.78, 5) is 0. The molecule has 1 aromatic heterocycles. The van der Waals surface area contributed by atoms with Crippen LogP contribution in [0, 0.1) is 0 Å². The van der Waals surface area contributed by atoms with E-state index in [1.165, 1.54) is 0 Å². The van der Waals surface area contributed by atoms with Crippen LogP contribution >= 0.6 is 0 Å². The number of furan rings is 1. The Labute approximate surface area is 166 Å². The van der Waals surface area contributed by atoms with Crippen LogP contribution in [-0.2, 0) is 4.65 Å². The average Bonchev–Trinajstić information content (AvgIpc) is 3.16. The van der Waals surface area contributed by atoms with Crippen molar-refractivity contribution in [2.75, 3.05) is 0 Å². The van der Waals surface area contributed by atoms with E-state index in [9.17, 15) is 5.11 Å². The predicted octanol–water partition coefficient (Wildman–Crippen LogP) is 4.55. The number of benzene rings is 3. The number of hydrogen-bond acceptors (Lipinski definition) is 3. The van der Waals surface area contributed by atoms with Gasteiger partial charge < -0.3 is 14.2 Å². The highest BCUT2D eigenvalue weighted by molar-refractivity contribution is 6.53. The zero-order valence-corrected chi connectivity index (χ0v) is 14.8. The number of rotatable bonds is 4. The molecular weight excluding hydrogens is 323 g/mol. The van der Waals surface area contributed by atoms with E-state index >= 15 is 0 Å². The summed E-state index contributed by atoms with van der Waals surface area (Å²) in [5, 5.41) is 10.1. The van der Waals surface area contributed by atoms with E-state index in [1.807, 2.05) is 0 Å². The fourth-order valence-corrected chi connectivity index (χ4v) is 2.43. The van der Waals surface area contributed by atoms with Crippen LogP contribution in [0.15, 0.2) is 58.8 Å². The van der Waals surface area contributed by atoms with Gasteiger partial charge in [-0.05, 0) is 50.6 Å². The number of hydrogen-bond donors (Lipinski definition) is 1. The van der Waals surface area contributed by atoms with Crippen LogP contribution in [0.2, 0.25) is 0 Å². The third-order valence-corrected chi connectivity index (χ3v) is 4.72. The molecule has 4 rings (SSSR count). The summed E-state index contributed by atoms with van der Waals surface area (Å²) in [6.07, 6.45) is 0. The molecule has 0 aliphatic carbocycles. The molecular formula is C22H22BO3. The van der Waals surface area contributed by atoms with Crippen molar-refractivity contribution < 1.29 is 26.5 Å². The first kappa shape index (κ1) is 9.59. The fraction of sp³-hybridized carbons (Fsp3) is 0.273. The van der Waals surface area contributed by atoms with E-state index in [2.05, 4.69) is 0 Å². The van der Waals surface area contributed by atoms with E-state index in [0.29, 0.717) is 0 Å². The van der Waals surface area contributed by atoms with Gasteiger partial charge in [-0.25, -0.2) is 0 Å².